The van der Waals surface area contributed by atoms with Gasteiger partial charge in [0.15, 0.2) is 0 Å². The molecule has 1 aromatic carbocycles. The Morgan fingerprint density at radius 2 is 1.76 bits per heavy atom. The fourth-order valence-corrected chi connectivity index (χ4v) is 5.20. The van der Waals surface area contributed by atoms with Crippen LogP contribution in [0.2, 0.25) is 0 Å². The van der Waals surface area contributed by atoms with E-state index in [0.29, 0.717) is 23.1 Å². The van der Waals surface area contributed by atoms with E-state index in [0.717, 1.165) is 6.42 Å². The molecule has 0 unspecified atom stereocenters. The number of carbonyl (C=O) groups excluding carboxylic acids is 3. The van der Waals surface area contributed by atoms with E-state index in [2.05, 4.69) is 12.2 Å². The first kappa shape index (κ1) is 14.9. The van der Waals surface area contributed by atoms with Crippen molar-refractivity contribution >= 4 is 23.5 Å². The number of anilines is 1. The maximum atomic E-state index is 13.1. The van der Waals surface area contributed by atoms with Crippen LogP contribution in [-0.4, -0.2) is 24.4 Å². The van der Waals surface area contributed by atoms with Gasteiger partial charge in [0.1, 0.15) is 0 Å². The minimum Gasteiger partial charge on any atom is -0.462 e. The Kier molecular flexibility index (Phi) is 3.00. The standard InChI is InChI=1S/C20H19NO4/c1-2-25-20(24)10-4-3-5-11(8-10)21-18(22)16-12-6-7-13(15-9-14(12)15)17(16)19(21)23/h3-8,12-17H,2,9H2,1H3/t12-,13-,14-,15-,16+,17+/m1/s1. The Bertz CT molecular complexity index is 793. The summed E-state index contributed by atoms with van der Waals surface area (Å²) in [6, 6.07) is 6.63. The molecule has 0 spiro atoms. The van der Waals surface area contributed by atoms with Gasteiger partial charge >= 0.3 is 5.97 Å². The molecule has 2 bridgehead atoms. The molecular weight excluding hydrogens is 318 g/mol. The molecule has 0 aromatic heterocycles. The maximum absolute atomic E-state index is 13.1. The molecule has 1 aromatic rings. The van der Waals surface area contributed by atoms with Gasteiger partial charge in [0, 0.05) is 0 Å². The molecule has 5 aliphatic rings. The Labute approximate surface area is 145 Å². The summed E-state index contributed by atoms with van der Waals surface area (Å²) in [5, 5.41) is 0. The van der Waals surface area contributed by atoms with Crippen molar-refractivity contribution in [3.8, 4) is 0 Å². The van der Waals surface area contributed by atoms with Crippen LogP contribution in [0.5, 0.6) is 0 Å². The number of nitrogens with zero attached hydrogens (tertiary/aromatic N) is 1. The Morgan fingerprint density at radius 3 is 2.36 bits per heavy atom. The van der Waals surface area contributed by atoms with Crippen LogP contribution in [0.4, 0.5) is 5.69 Å². The second kappa shape index (κ2) is 5.04. The van der Waals surface area contributed by atoms with Crippen LogP contribution < -0.4 is 4.90 Å². The molecule has 4 aliphatic carbocycles. The average Bonchev–Trinajstić information content (AvgIpc) is 3.39. The van der Waals surface area contributed by atoms with Crippen molar-refractivity contribution in [1.29, 1.82) is 0 Å². The first-order valence-electron chi connectivity index (χ1n) is 8.95. The largest absolute Gasteiger partial charge is 0.462 e. The molecule has 5 heteroatoms. The smallest absolute Gasteiger partial charge is 0.338 e. The number of allylic oxidation sites excluding steroid dienone is 2. The fourth-order valence-electron chi connectivity index (χ4n) is 5.20. The summed E-state index contributed by atoms with van der Waals surface area (Å²) in [4.78, 5) is 39.4. The summed E-state index contributed by atoms with van der Waals surface area (Å²) in [6.07, 6.45) is 5.46. The van der Waals surface area contributed by atoms with Gasteiger partial charge in [-0.15, -0.1) is 0 Å². The molecular formula is C20H19NO4. The van der Waals surface area contributed by atoms with Gasteiger partial charge in [0.25, 0.3) is 0 Å². The van der Waals surface area contributed by atoms with Crippen molar-refractivity contribution in [2.75, 3.05) is 11.5 Å². The summed E-state index contributed by atoms with van der Waals surface area (Å²) >= 11 is 0. The van der Waals surface area contributed by atoms with Crippen LogP contribution in [0, 0.1) is 35.5 Å². The lowest BCUT2D eigenvalue weighted by Gasteiger charge is -2.37. The minimum absolute atomic E-state index is 0.110. The zero-order valence-electron chi connectivity index (χ0n) is 13.9. The average molecular weight is 337 g/mol. The van der Waals surface area contributed by atoms with Crippen molar-refractivity contribution in [2.24, 2.45) is 35.5 Å². The van der Waals surface area contributed by atoms with E-state index in [4.69, 9.17) is 4.74 Å². The summed E-state index contributed by atoms with van der Waals surface area (Å²) in [5.41, 5.74) is 0.835. The van der Waals surface area contributed by atoms with E-state index in [1.807, 2.05) is 0 Å². The van der Waals surface area contributed by atoms with Crippen LogP contribution in [0.3, 0.4) is 0 Å². The van der Waals surface area contributed by atoms with E-state index in [-0.39, 0.29) is 42.1 Å². The summed E-state index contributed by atoms with van der Waals surface area (Å²) in [6.45, 7) is 2.03. The maximum Gasteiger partial charge on any atom is 0.338 e. The predicted octanol–water partition coefficient (Wildman–Crippen LogP) is 2.42. The van der Waals surface area contributed by atoms with E-state index < -0.39 is 5.97 Å². The van der Waals surface area contributed by atoms with Crippen LogP contribution in [0.25, 0.3) is 0 Å². The number of hydrogen-bond acceptors (Lipinski definition) is 4. The second-order valence-electron chi connectivity index (χ2n) is 7.44. The molecule has 2 saturated carbocycles. The number of hydrogen-bond donors (Lipinski definition) is 0. The van der Waals surface area contributed by atoms with E-state index >= 15 is 0 Å². The summed E-state index contributed by atoms with van der Waals surface area (Å²) < 4.78 is 5.02. The molecule has 128 valence electrons. The van der Waals surface area contributed by atoms with Crippen molar-refractivity contribution in [3.63, 3.8) is 0 Å². The van der Waals surface area contributed by atoms with Gasteiger partial charge in [-0.05, 0) is 55.2 Å². The lowest BCUT2D eigenvalue weighted by molar-refractivity contribution is -0.124. The van der Waals surface area contributed by atoms with Crippen LogP contribution in [-0.2, 0) is 14.3 Å². The van der Waals surface area contributed by atoms with Crippen LogP contribution >= 0.6 is 0 Å². The van der Waals surface area contributed by atoms with Crippen molar-refractivity contribution < 1.29 is 19.1 Å². The molecule has 5 nitrogen and oxygen atoms in total. The highest BCUT2D eigenvalue weighted by Crippen LogP contribution is 2.65. The van der Waals surface area contributed by atoms with E-state index in [1.165, 1.54) is 4.90 Å². The third-order valence-corrected chi connectivity index (χ3v) is 6.28. The Balaban J connectivity index is 1.50. The molecule has 0 radical (unpaired) electrons. The number of ether oxygens (including phenoxy) is 1. The Morgan fingerprint density at radius 1 is 1.12 bits per heavy atom. The number of rotatable bonds is 3. The summed E-state index contributed by atoms with van der Waals surface area (Å²) in [5.74, 6) is 0.460. The van der Waals surface area contributed by atoms with Gasteiger partial charge in [-0.1, -0.05) is 18.2 Å². The van der Waals surface area contributed by atoms with Crippen LogP contribution in [0.1, 0.15) is 23.7 Å². The van der Waals surface area contributed by atoms with Crippen molar-refractivity contribution in [2.45, 2.75) is 13.3 Å². The molecule has 0 N–H and O–H groups in total. The van der Waals surface area contributed by atoms with Gasteiger partial charge in [-0.3, -0.25) is 9.59 Å². The van der Waals surface area contributed by atoms with Crippen LogP contribution in [0.15, 0.2) is 36.4 Å². The Hall–Kier alpha value is -2.43. The van der Waals surface area contributed by atoms with Crippen molar-refractivity contribution in [1.82, 2.24) is 0 Å². The first-order valence-corrected chi connectivity index (χ1v) is 8.95. The molecule has 6 rings (SSSR count). The topological polar surface area (TPSA) is 63.7 Å². The molecule has 3 fully saturated rings. The number of benzene rings is 1. The molecule has 1 saturated heterocycles. The van der Waals surface area contributed by atoms with Gasteiger partial charge in [0.2, 0.25) is 11.8 Å². The van der Waals surface area contributed by atoms with Crippen molar-refractivity contribution in [3.05, 3.63) is 42.0 Å². The van der Waals surface area contributed by atoms with E-state index in [1.54, 1.807) is 31.2 Å². The zero-order valence-corrected chi connectivity index (χ0v) is 13.9. The highest BCUT2D eigenvalue weighted by atomic mass is 16.5. The van der Waals surface area contributed by atoms with E-state index in [9.17, 15) is 14.4 Å². The monoisotopic (exact) mass is 337 g/mol. The second-order valence-corrected chi connectivity index (χ2v) is 7.44. The molecule has 1 heterocycles. The zero-order chi connectivity index (χ0) is 17.3. The summed E-state index contributed by atoms with van der Waals surface area (Å²) in [7, 11) is 0. The number of carbonyl (C=O) groups is 3. The SMILES string of the molecule is CCOC(=O)c1cccc(N2C(=O)[C@H]3[C@@H]4C=C[C@H]([C@H]5C[C@H]45)[C@@H]3C2=O)c1. The first-order chi connectivity index (χ1) is 12.1. The fraction of sp³-hybridized carbons (Fsp3) is 0.450. The molecule has 6 atom stereocenters. The molecule has 1 aliphatic heterocycles. The normalized spacial score (nSPS) is 37.1. The highest BCUT2D eigenvalue weighted by molar-refractivity contribution is 6.22. The molecule has 25 heavy (non-hydrogen) atoms. The third-order valence-electron chi connectivity index (χ3n) is 6.28. The van der Waals surface area contributed by atoms with Gasteiger partial charge < -0.3 is 4.74 Å². The molecule has 2 amide bonds. The number of esters is 1. The van der Waals surface area contributed by atoms with Gasteiger partial charge in [0.05, 0.1) is 29.7 Å². The quantitative estimate of drug-likeness (QED) is 0.483. The van der Waals surface area contributed by atoms with Gasteiger partial charge in [-0.2, -0.15) is 0 Å². The third kappa shape index (κ3) is 1.92. The number of imide groups is 1. The highest BCUT2D eigenvalue weighted by Gasteiger charge is 2.67. The lowest BCUT2D eigenvalue weighted by Crippen LogP contribution is -2.40. The van der Waals surface area contributed by atoms with Gasteiger partial charge in [-0.25, -0.2) is 9.69 Å². The minimum atomic E-state index is -0.441. The number of amides is 2. The predicted molar refractivity (Wildman–Crippen MR) is 89.6 cm³/mol. The lowest BCUT2D eigenvalue weighted by atomic mass is 9.63.